The standard InChI is InChI=1S/C11H10ClNO3.C9H9NO2.ClH/c12-7-10(14)13-9-4-1-8(2-5-9)3-6-11(15)16;10-8-4-1-7(2-5-8)3-6-9(11)12;/h1-6H,7H2,(H,13,14)(H,15,16);1-6H,10H2,(H,11,12);1H/b6-3+;;. The van der Waals surface area contributed by atoms with E-state index in [2.05, 4.69) is 5.32 Å². The molecule has 0 saturated heterocycles. The number of carbonyl (C=O) groups excluding carboxylic acids is 1. The van der Waals surface area contributed by atoms with Crippen LogP contribution in [0.3, 0.4) is 0 Å². The van der Waals surface area contributed by atoms with Crippen molar-refractivity contribution in [2.75, 3.05) is 16.9 Å². The number of hydrogen-bond donors (Lipinski definition) is 4. The summed E-state index contributed by atoms with van der Waals surface area (Å²) in [6.45, 7) is 0. The molecule has 0 fully saturated rings. The maximum Gasteiger partial charge on any atom is 0.328 e. The van der Waals surface area contributed by atoms with Crippen molar-refractivity contribution in [3.63, 3.8) is 0 Å². The lowest BCUT2D eigenvalue weighted by Crippen LogP contribution is -2.12. The molecule has 7 nitrogen and oxygen atoms in total. The fourth-order valence-corrected chi connectivity index (χ4v) is 1.88. The third-order valence-corrected chi connectivity index (χ3v) is 3.33. The van der Waals surface area contributed by atoms with Crippen molar-refractivity contribution >= 4 is 65.4 Å². The van der Waals surface area contributed by atoms with Gasteiger partial charge in [-0.05, 0) is 47.5 Å². The smallest absolute Gasteiger partial charge is 0.328 e. The highest BCUT2D eigenvalue weighted by molar-refractivity contribution is 6.29. The molecule has 0 spiro atoms. The monoisotopic (exact) mass is 438 g/mol. The van der Waals surface area contributed by atoms with E-state index < -0.39 is 11.9 Å². The van der Waals surface area contributed by atoms with Gasteiger partial charge in [0.25, 0.3) is 0 Å². The Hall–Kier alpha value is -3.29. The van der Waals surface area contributed by atoms with Crippen LogP contribution in [0.25, 0.3) is 12.2 Å². The molecule has 2 aromatic rings. The van der Waals surface area contributed by atoms with Crippen LogP contribution in [0.15, 0.2) is 60.7 Å². The quantitative estimate of drug-likeness (QED) is 0.308. The first-order valence-corrected chi connectivity index (χ1v) is 8.47. The van der Waals surface area contributed by atoms with Crippen LogP contribution in [-0.4, -0.2) is 33.9 Å². The molecule has 0 aliphatic heterocycles. The Morgan fingerprint density at radius 1 is 0.862 bits per heavy atom. The Bertz CT molecular complexity index is 863. The number of halogens is 2. The number of nitrogens with two attached hydrogens (primary N) is 1. The molecule has 0 atom stereocenters. The largest absolute Gasteiger partial charge is 0.478 e. The van der Waals surface area contributed by atoms with Gasteiger partial charge in [0.15, 0.2) is 0 Å². The van der Waals surface area contributed by atoms with E-state index >= 15 is 0 Å². The van der Waals surface area contributed by atoms with Crippen molar-refractivity contribution < 1.29 is 24.6 Å². The summed E-state index contributed by atoms with van der Waals surface area (Å²) in [5.74, 6) is -2.33. The number of nitrogens with one attached hydrogen (secondary N) is 1. The van der Waals surface area contributed by atoms with Crippen LogP contribution in [-0.2, 0) is 14.4 Å². The first-order valence-electron chi connectivity index (χ1n) is 7.93. The highest BCUT2D eigenvalue weighted by Gasteiger charge is 1.99. The van der Waals surface area contributed by atoms with E-state index in [4.69, 9.17) is 27.5 Å². The van der Waals surface area contributed by atoms with Gasteiger partial charge in [-0.15, -0.1) is 24.0 Å². The van der Waals surface area contributed by atoms with Crippen molar-refractivity contribution in [1.29, 1.82) is 0 Å². The van der Waals surface area contributed by atoms with Gasteiger partial charge in [-0.3, -0.25) is 4.79 Å². The zero-order chi connectivity index (χ0) is 20.9. The number of anilines is 2. The van der Waals surface area contributed by atoms with Gasteiger partial charge in [0.05, 0.1) is 0 Å². The summed E-state index contributed by atoms with van der Waals surface area (Å²) in [4.78, 5) is 31.3. The molecule has 29 heavy (non-hydrogen) atoms. The molecule has 2 aromatic carbocycles. The summed E-state index contributed by atoms with van der Waals surface area (Å²) >= 11 is 5.33. The summed E-state index contributed by atoms with van der Waals surface area (Å²) in [7, 11) is 0. The zero-order valence-corrected chi connectivity index (χ0v) is 16.7. The molecule has 9 heteroatoms. The molecule has 2 rings (SSSR count). The third-order valence-electron chi connectivity index (χ3n) is 3.09. The van der Waals surface area contributed by atoms with Gasteiger partial charge in [0.2, 0.25) is 5.91 Å². The fraction of sp³-hybridized carbons (Fsp3) is 0.0500. The van der Waals surface area contributed by atoms with Crippen LogP contribution in [0.4, 0.5) is 11.4 Å². The fourth-order valence-electron chi connectivity index (χ4n) is 1.81. The highest BCUT2D eigenvalue weighted by Crippen LogP contribution is 2.11. The molecule has 0 bridgehead atoms. The minimum atomic E-state index is -1.00. The van der Waals surface area contributed by atoms with Crippen molar-refractivity contribution in [2.24, 2.45) is 0 Å². The predicted octanol–water partition coefficient (Wildman–Crippen LogP) is 3.75. The number of amides is 1. The summed E-state index contributed by atoms with van der Waals surface area (Å²) in [6, 6.07) is 13.7. The van der Waals surface area contributed by atoms with E-state index in [9.17, 15) is 14.4 Å². The molecular formula is C20H20Cl2N2O5. The second-order valence-electron chi connectivity index (χ2n) is 5.31. The van der Waals surface area contributed by atoms with Gasteiger partial charge in [-0.1, -0.05) is 24.3 Å². The maximum absolute atomic E-state index is 10.9. The normalized spacial score (nSPS) is 9.97. The SMILES string of the molecule is Cl.Nc1ccc(C=CC(=O)O)cc1.O=C(O)/C=C/c1ccc(NC(=O)CCl)cc1. The number of carboxylic acids is 2. The molecule has 0 aliphatic carbocycles. The average molecular weight is 439 g/mol. The summed E-state index contributed by atoms with van der Waals surface area (Å²) < 4.78 is 0. The lowest BCUT2D eigenvalue weighted by molar-refractivity contribution is -0.132. The van der Waals surface area contributed by atoms with Gasteiger partial charge in [0, 0.05) is 23.5 Å². The highest BCUT2D eigenvalue weighted by atomic mass is 35.5. The Labute approximate surface area is 178 Å². The second-order valence-corrected chi connectivity index (χ2v) is 5.58. The van der Waals surface area contributed by atoms with Gasteiger partial charge < -0.3 is 21.3 Å². The average Bonchev–Trinajstić information content (AvgIpc) is 2.67. The summed E-state index contributed by atoms with van der Waals surface area (Å²) in [5.41, 5.74) is 8.30. The molecule has 5 N–H and O–H groups in total. The molecule has 0 unspecified atom stereocenters. The second kappa shape index (κ2) is 13.8. The van der Waals surface area contributed by atoms with Crippen molar-refractivity contribution in [3.05, 3.63) is 71.8 Å². The van der Waals surface area contributed by atoms with Crippen LogP contribution in [0.2, 0.25) is 0 Å². The van der Waals surface area contributed by atoms with E-state index in [0.717, 1.165) is 23.3 Å². The van der Waals surface area contributed by atoms with E-state index in [-0.39, 0.29) is 24.2 Å². The number of carboxylic acid groups (broad SMARTS) is 2. The Morgan fingerprint density at radius 2 is 1.28 bits per heavy atom. The maximum atomic E-state index is 10.9. The number of rotatable bonds is 6. The molecule has 0 heterocycles. The molecule has 0 saturated carbocycles. The minimum absolute atomic E-state index is 0. The number of nitrogen functional groups attached to an aromatic ring is 1. The molecular weight excluding hydrogens is 419 g/mol. The van der Waals surface area contributed by atoms with E-state index in [1.54, 1.807) is 48.5 Å². The Morgan fingerprint density at radius 3 is 1.66 bits per heavy atom. The van der Waals surface area contributed by atoms with Crippen LogP contribution in [0.1, 0.15) is 11.1 Å². The van der Waals surface area contributed by atoms with Gasteiger partial charge in [-0.25, -0.2) is 9.59 Å². The van der Waals surface area contributed by atoms with E-state index in [0.29, 0.717) is 11.4 Å². The number of benzene rings is 2. The Balaban J connectivity index is 0.000000542. The number of aliphatic carboxylic acids is 2. The van der Waals surface area contributed by atoms with Crippen molar-refractivity contribution in [2.45, 2.75) is 0 Å². The first-order chi connectivity index (χ1) is 13.3. The van der Waals surface area contributed by atoms with Gasteiger partial charge in [0.1, 0.15) is 5.88 Å². The number of alkyl halides is 1. The lowest BCUT2D eigenvalue weighted by atomic mass is 10.2. The molecule has 1 amide bonds. The predicted molar refractivity (Wildman–Crippen MR) is 117 cm³/mol. The van der Waals surface area contributed by atoms with Crippen LogP contribution in [0, 0.1) is 0 Å². The molecule has 0 aromatic heterocycles. The van der Waals surface area contributed by atoms with Crippen molar-refractivity contribution in [1.82, 2.24) is 0 Å². The van der Waals surface area contributed by atoms with Crippen LogP contribution in [0.5, 0.6) is 0 Å². The molecule has 0 radical (unpaired) electrons. The summed E-state index contributed by atoms with van der Waals surface area (Å²) in [5, 5.41) is 19.3. The van der Waals surface area contributed by atoms with Gasteiger partial charge >= 0.3 is 11.9 Å². The molecule has 0 aliphatic rings. The van der Waals surface area contributed by atoms with E-state index in [1.165, 1.54) is 12.2 Å². The van der Waals surface area contributed by atoms with Crippen LogP contribution >= 0.6 is 24.0 Å². The van der Waals surface area contributed by atoms with Crippen molar-refractivity contribution in [3.8, 4) is 0 Å². The Kier molecular flexibility index (Phi) is 12.2. The minimum Gasteiger partial charge on any atom is -0.478 e. The third kappa shape index (κ3) is 11.9. The molecule has 154 valence electrons. The summed E-state index contributed by atoms with van der Waals surface area (Å²) in [6.07, 6.45) is 5.12. The number of carbonyl (C=O) groups is 3. The lowest BCUT2D eigenvalue weighted by Gasteiger charge is -2.02. The van der Waals surface area contributed by atoms with E-state index in [1.807, 2.05) is 0 Å². The topological polar surface area (TPSA) is 130 Å². The zero-order valence-electron chi connectivity index (χ0n) is 15.1. The van der Waals surface area contributed by atoms with Gasteiger partial charge in [-0.2, -0.15) is 0 Å². The van der Waals surface area contributed by atoms with Crippen LogP contribution < -0.4 is 11.1 Å². The number of hydrogen-bond acceptors (Lipinski definition) is 4. The first kappa shape index (κ1) is 25.7.